The number of allylic oxidation sites excluding steroid dienone is 2. The highest BCUT2D eigenvalue weighted by atomic mass is 16.6. The predicted octanol–water partition coefficient (Wildman–Crippen LogP) is 4.64. The molecule has 11 heteroatoms. The molecule has 274 valence electrons. The first-order valence-corrected chi connectivity index (χ1v) is 17.8. The van der Waals surface area contributed by atoms with Crippen LogP contribution >= 0.6 is 0 Å². The average molecular weight is 698 g/mol. The van der Waals surface area contributed by atoms with Crippen molar-refractivity contribution in [3.05, 3.63) is 120 Å². The van der Waals surface area contributed by atoms with E-state index in [2.05, 4.69) is 65.8 Å². The van der Waals surface area contributed by atoms with Crippen molar-refractivity contribution in [2.24, 2.45) is 16.5 Å². The van der Waals surface area contributed by atoms with Crippen molar-refractivity contribution in [3.63, 3.8) is 0 Å². The molecule has 1 aliphatic rings. The van der Waals surface area contributed by atoms with E-state index in [1.165, 1.54) is 0 Å². The lowest BCUT2D eigenvalue weighted by molar-refractivity contribution is -0.124. The van der Waals surface area contributed by atoms with Crippen LogP contribution in [-0.2, 0) is 14.9 Å². The normalized spacial score (nSPS) is 16.7. The molecule has 0 saturated carbocycles. The van der Waals surface area contributed by atoms with Crippen LogP contribution in [0.2, 0.25) is 0 Å². The fourth-order valence-electron chi connectivity index (χ4n) is 6.75. The molecule has 0 aliphatic carbocycles. The molecule has 3 aromatic carbocycles. The first-order chi connectivity index (χ1) is 24.6. The minimum Gasteiger partial charge on any atom is -0.414 e. The van der Waals surface area contributed by atoms with Crippen molar-refractivity contribution < 1.29 is 19.4 Å². The summed E-state index contributed by atoms with van der Waals surface area (Å²) in [4.78, 5) is 35.6. The topological polar surface area (TPSA) is 159 Å². The second-order valence-corrected chi connectivity index (χ2v) is 13.4. The maximum Gasteiger partial charge on any atom is 0.415 e. The van der Waals surface area contributed by atoms with Gasteiger partial charge in [0.25, 0.3) is 0 Å². The molecule has 51 heavy (non-hydrogen) atoms. The number of guanidine groups is 1. The largest absolute Gasteiger partial charge is 0.415 e. The zero-order valence-electron chi connectivity index (χ0n) is 30.4. The lowest BCUT2D eigenvalue weighted by atomic mass is 9.68. The highest BCUT2D eigenvalue weighted by molar-refractivity contribution is 5.82. The summed E-state index contributed by atoms with van der Waals surface area (Å²) in [6, 6.07) is 28.7. The molecule has 0 bridgehead atoms. The lowest BCUT2D eigenvalue weighted by Crippen LogP contribution is -2.50. The molecule has 1 heterocycles. The molecule has 4 atom stereocenters. The minimum atomic E-state index is -1.05. The quantitative estimate of drug-likeness (QED) is 0.0449. The molecular formula is C40H55N7O4. The molecular weight excluding hydrogens is 642 g/mol. The Kier molecular flexibility index (Phi) is 14.6. The van der Waals surface area contributed by atoms with Gasteiger partial charge >= 0.3 is 6.09 Å². The number of hydrogen-bond acceptors (Lipinski definition) is 7. The van der Waals surface area contributed by atoms with Crippen LogP contribution in [0.1, 0.15) is 68.9 Å². The fraction of sp³-hybridized carbons (Fsp3) is 0.425. The molecule has 7 N–H and O–H groups in total. The molecule has 0 radical (unpaired) electrons. The van der Waals surface area contributed by atoms with Gasteiger partial charge in [-0.3, -0.25) is 15.1 Å². The van der Waals surface area contributed by atoms with E-state index in [-0.39, 0.29) is 30.5 Å². The smallest absolute Gasteiger partial charge is 0.414 e. The standard InChI is InChI=1S/C40H55N7O4/c1-5-35(40(27-29(2)46(3)4,31-19-11-7-12-20-31)32-21-13-8-14-22-32)51-39(50)47-26-16-23-33(47)28-44-37(49)34(24-15-25-43-38(41)42)45-36(48)30-17-9-6-10-18-30/h5-14,17-22,29,33-34,36,45,48H,15-16,23-28H2,1-4H3,(H,44,49)(H4,41,42,43)/b35-5-. The number of amides is 2. The number of rotatable bonds is 17. The fourth-order valence-corrected chi connectivity index (χ4v) is 6.75. The van der Waals surface area contributed by atoms with E-state index < -0.39 is 23.8 Å². The molecule has 0 aromatic heterocycles. The number of ether oxygens (including phenoxy) is 1. The van der Waals surface area contributed by atoms with Crippen LogP contribution in [-0.4, -0.2) is 84.7 Å². The van der Waals surface area contributed by atoms with E-state index in [1.807, 2.05) is 67.6 Å². The maximum absolute atomic E-state index is 14.1. The zero-order valence-corrected chi connectivity index (χ0v) is 30.4. The van der Waals surface area contributed by atoms with E-state index in [4.69, 9.17) is 16.2 Å². The first kappa shape index (κ1) is 39.1. The number of carbonyl (C=O) groups is 2. The summed E-state index contributed by atoms with van der Waals surface area (Å²) in [5.41, 5.74) is 12.9. The van der Waals surface area contributed by atoms with Gasteiger partial charge < -0.3 is 36.4 Å². The van der Waals surface area contributed by atoms with Gasteiger partial charge in [0, 0.05) is 25.7 Å². The van der Waals surface area contributed by atoms with Crippen LogP contribution in [0.25, 0.3) is 0 Å². The van der Waals surface area contributed by atoms with Crippen molar-refractivity contribution in [1.82, 2.24) is 20.4 Å². The number of hydrogen-bond donors (Lipinski definition) is 5. The Morgan fingerprint density at radius 3 is 2.16 bits per heavy atom. The van der Waals surface area contributed by atoms with E-state index in [0.29, 0.717) is 43.7 Å². The summed E-state index contributed by atoms with van der Waals surface area (Å²) < 4.78 is 6.45. The summed E-state index contributed by atoms with van der Waals surface area (Å²) >= 11 is 0. The van der Waals surface area contributed by atoms with E-state index in [1.54, 1.807) is 17.0 Å². The third-order valence-corrected chi connectivity index (χ3v) is 9.76. The number of nitrogens with two attached hydrogens (primary N) is 2. The van der Waals surface area contributed by atoms with Gasteiger partial charge in [-0.25, -0.2) is 4.79 Å². The molecule has 1 aliphatic heterocycles. The van der Waals surface area contributed by atoms with Gasteiger partial charge in [0.1, 0.15) is 12.0 Å². The minimum absolute atomic E-state index is 0.0143. The Bertz CT molecular complexity index is 1540. The van der Waals surface area contributed by atoms with Crippen LogP contribution in [0.5, 0.6) is 0 Å². The summed E-state index contributed by atoms with van der Waals surface area (Å²) in [5, 5.41) is 17.0. The molecule has 4 unspecified atom stereocenters. The SMILES string of the molecule is C/C=C(\OC(=O)N1CCCC1CNC(=O)C(CCCN=C(N)N)NC(O)c1ccccc1)C(CC(C)N(C)C)(c1ccccc1)c1ccccc1. The van der Waals surface area contributed by atoms with Crippen LogP contribution in [0.4, 0.5) is 4.79 Å². The van der Waals surface area contributed by atoms with Crippen LogP contribution in [0, 0.1) is 0 Å². The number of nitrogens with one attached hydrogen (secondary N) is 2. The molecule has 1 fully saturated rings. The monoisotopic (exact) mass is 697 g/mol. The summed E-state index contributed by atoms with van der Waals surface area (Å²) in [6.45, 7) is 5.20. The van der Waals surface area contributed by atoms with Crippen molar-refractivity contribution in [2.75, 3.05) is 33.7 Å². The number of likely N-dealkylation sites (tertiary alicyclic amines) is 1. The molecule has 3 aromatic rings. The highest BCUT2D eigenvalue weighted by Gasteiger charge is 2.43. The van der Waals surface area contributed by atoms with Gasteiger partial charge in [-0.15, -0.1) is 0 Å². The number of carbonyl (C=O) groups excluding carboxylic acids is 2. The molecule has 1 saturated heterocycles. The number of nitrogens with zero attached hydrogens (tertiary/aromatic N) is 3. The van der Waals surface area contributed by atoms with Crippen molar-refractivity contribution in [2.45, 2.75) is 75.7 Å². The van der Waals surface area contributed by atoms with Crippen molar-refractivity contribution >= 4 is 18.0 Å². The Morgan fingerprint density at radius 2 is 1.61 bits per heavy atom. The second kappa shape index (κ2) is 19.1. The molecule has 0 spiro atoms. The molecule has 4 rings (SSSR count). The highest BCUT2D eigenvalue weighted by Crippen LogP contribution is 2.44. The van der Waals surface area contributed by atoms with Gasteiger partial charge in [0.2, 0.25) is 5.91 Å². The first-order valence-electron chi connectivity index (χ1n) is 17.8. The van der Waals surface area contributed by atoms with Crippen LogP contribution in [0.3, 0.4) is 0 Å². The van der Waals surface area contributed by atoms with Gasteiger partial charge in [-0.1, -0.05) is 91.0 Å². The summed E-state index contributed by atoms with van der Waals surface area (Å²) in [5.74, 6) is 0.265. The lowest BCUT2D eigenvalue weighted by Gasteiger charge is -2.40. The van der Waals surface area contributed by atoms with Gasteiger partial charge in [0.15, 0.2) is 5.96 Å². The Morgan fingerprint density at radius 1 is 1.02 bits per heavy atom. The number of aliphatic imine (C=N–C) groups is 1. The van der Waals surface area contributed by atoms with Crippen molar-refractivity contribution in [3.8, 4) is 0 Å². The summed E-state index contributed by atoms with van der Waals surface area (Å²) in [7, 11) is 4.12. The Balaban J connectivity index is 1.52. The second-order valence-electron chi connectivity index (χ2n) is 13.4. The number of aliphatic hydroxyl groups excluding tert-OH is 1. The van der Waals surface area contributed by atoms with Gasteiger partial charge in [0.05, 0.1) is 17.5 Å². The average Bonchev–Trinajstić information content (AvgIpc) is 3.63. The van der Waals surface area contributed by atoms with Gasteiger partial charge in [-0.2, -0.15) is 0 Å². The zero-order chi connectivity index (χ0) is 36.8. The van der Waals surface area contributed by atoms with E-state index in [9.17, 15) is 14.7 Å². The van der Waals surface area contributed by atoms with E-state index >= 15 is 0 Å². The Hall–Kier alpha value is -4.71. The maximum atomic E-state index is 14.1. The summed E-state index contributed by atoms with van der Waals surface area (Å²) in [6.07, 6.45) is 3.50. The number of aliphatic hydroxyl groups is 1. The van der Waals surface area contributed by atoms with Crippen LogP contribution in [0.15, 0.2) is 108 Å². The Labute approximate surface area is 302 Å². The van der Waals surface area contributed by atoms with Crippen molar-refractivity contribution in [1.29, 1.82) is 0 Å². The third-order valence-electron chi connectivity index (χ3n) is 9.76. The molecule has 2 amide bonds. The molecule has 11 nitrogen and oxygen atoms in total. The number of benzene rings is 3. The predicted molar refractivity (Wildman–Crippen MR) is 203 cm³/mol. The van der Waals surface area contributed by atoms with E-state index in [0.717, 1.165) is 24.0 Å². The third kappa shape index (κ3) is 10.4. The van der Waals surface area contributed by atoms with Gasteiger partial charge in [-0.05, 0) is 82.8 Å². The van der Waals surface area contributed by atoms with Crippen LogP contribution < -0.4 is 22.1 Å².